The van der Waals surface area contributed by atoms with Crippen molar-refractivity contribution in [2.75, 3.05) is 0 Å². The third-order valence-corrected chi connectivity index (χ3v) is 3.73. The normalized spacial score (nSPS) is 14.9. The van der Waals surface area contributed by atoms with E-state index in [1.54, 1.807) is 0 Å². The molecule has 0 saturated carbocycles. The van der Waals surface area contributed by atoms with Crippen LogP contribution in [0.5, 0.6) is 0 Å². The molecule has 0 unspecified atom stereocenters. The Morgan fingerprint density at radius 2 is 1.38 bits per heavy atom. The summed E-state index contributed by atoms with van der Waals surface area (Å²) in [5, 5.41) is 17.4. The zero-order valence-corrected chi connectivity index (χ0v) is 8.56. The first kappa shape index (κ1) is 12.4. The van der Waals surface area contributed by atoms with Crippen LogP contribution < -0.4 is 11.5 Å². The Kier molecular flexibility index (Phi) is 5.65. The summed E-state index contributed by atoms with van der Waals surface area (Å²) in [4.78, 5) is 20.5. The summed E-state index contributed by atoms with van der Waals surface area (Å²) in [6.45, 7) is 0. The Hall–Kier alpha value is -0.621. The van der Waals surface area contributed by atoms with Crippen molar-refractivity contribution >= 4 is 26.9 Å². The van der Waals surface area contributed by atoms with Gasteiger partial charge < -0.3 is 0 Å². The average Bonchev–Trinajstić information content (AvgIpc) is 2.03. The predicted molar refractivity (Wildman–Crippen MR) is 46.6 cm³/mol. The third kappa shape index (κ3) is 5.59. The molecule has 0 aliphatic rings. The van der Waals surface area contributed by atoms with E-state index < -0.39 is 24.0 Å². The molecule has 0 aliphatic heterocycles. The average molecular weight is 255 g/mol. The van der Waals surface area contributed by atoms with E-state index >= 15 is 0 Å². The van der Waals surface area contributed by atoms with Gasteiger partial charge in [0, 0.05) is 0 Å². The number of hydrogen-bond donors (Lipinski definition) is 4. The summed E-state index contributed by atoms with van der Waals surface area (Å²) in [6.07, 6.45) is 0. The SMILES string of the molecule is N[C@@H](C[Se]C[C@H](N)C(=O)O)C(=O)O. The molecule has 0 aromatic carbocycles. The molecule has 0 heterocycles. The van der Waals surface area contributed by atoms with E-state index in [1.807, 2.05) is 0 Å². The van der Waals surface area contributed by atoms with Gasteiger partial charge in [0.15, 0.2) is 0 Å². The van der Waals surface area contributed by atoms with E-state index in [0.29, 0.717) is 10.6 Å². The van der Waals surface area contributed by atoms with Crippen molar-refractivity contribution in [2.45, 2.75) is 22.7 Å². The van der Waals surface area contributed by atoms with Crippen molar-refractivity contribution in [3.63, 3.8) is 0 Å². The fourth-order valence-corrected chi connectivity index (χ4v) is 2.41. The number of carboxylic acid groups (broad SMARTS) is 2. The van der Waals surface area contributed by atoms with Gasteiger partial charge in [0.1, 0.15) is 0 Å². The molecular formula is C6H12N2O4Se. The Morgan fingerprint density at radius 1 is 1.08 bits per heavy atom. The summed E-state index contributed by atoms with van der Waals surface area (Å²) < 4.78 is 0. The van der Waals surface area contributed by atoms with Crippen LogP contribution in [0, 0.1) is 0 Å². The van der Waals surface area contributed by atoms with Crippen LogP contribution in [-0.2, 0) is 9.59 Å². The zero-order valence-electron chi connectivity index (χ0n) is 6.84. The molecule has 76 valence electrons. The zero-order chi connectivity index (χ0) is 10.4. The molecule has 0 rings (SSSR count). The summed E-state index contributed by atoms with van der Waals surface area (Å²) in [6, 6.07) is -1.80. The molecule has 7 heteroatoms. The summed E-state index contributed by atoms with van der Waals surface area (Å²) in [5.41, 5.74) is 10.4. The van der Waals surface area contributed by atoms with Gasteiger partial charge in [-0.2, -0.15) is 0 Å². The third-order valence-electron chi connectivity index (χ3n) is 1.23. The van der Waals surface area contributed by atoms with Gasteiger partial charge in [0.25, 0.3) is 0 Å². The van der Waals surface area contributed by atoms with Crippen LogP contribution in [0.25, 0.3) is 0 Å². The minimum atomic E-state index is -1.06. The van der Waals surface area contributed by atoms with Gasteiger partial charge in [-0.25, -0.2) is 0 Å². The minimum absolute atomic E-state index is 0.129. The predicted octanol–water partition coefficient (Wildman–Crippen LogP) is -1.65. The molecular weight excluding hydrogens is 243 g/mol. The molecule has 13 heavy (non-hydrogen) atoms. The second-order valence-corrected chi connectivity index (χ2v) is 4.68. The maximum absolute atomic E-state index is 10.2. The molecule has 0 fully saturated rings. The molecule has 0 radical (unpaired) electrons. The first-order valence-corrected chi connectivity index (χ1v) is 5.92. The number of nitrogens with two attached hydrogens (primary N) is 2. The van der Waals surface area contributed by atoms with Gasteiger partial charge in [0.2, 0.25) is 0 Å². The molecule has 0 aromatic rings. The van der Waals surface area contributed by atoms with Gasteiger partial charge in [-0.3, -0.25) is 0 Å². The van der Waals surface area contributed by atoms with Crippen LogP contribution in [0.3, 0.4) is 0 Å². The van der Waals surface area contributed by atoms with Crippen LogP contribution in [0.2, 0.25) is 10.6 Å². The standard InChI is InChI=1S/C6H12N2O4Se/c7-3(5(9)10)1-13-2-4(8)6(11)12/h3-4H,1-2,7-8H2,(H,9,10)(H,11,12)/t3-,4-/m0/s1. The van der Waals surface area contributed by atoms with Crippen LogP contribution in [0.4, 0.5) is 0 Å². The molecule has 2 atom stereocenters. The summed E-state index contributed by atoms with van der Waals surface area (Å²) in [5.74, 6) is -2.13. The number of hydrogen-bond acceptors (Lipinski definition) is 4. The van der Waals surface area contributed by atoms with E-state index in [4.69, 9.17) is 21.7 Å². The van der Waals surface area contributed by atoms with Gasteiger partial charge in [-0.15, -0.1) is 0 Å². The van der Waals surface area contributed by atoms with E-state index in [-0.39, 0.29) is 15.0 Å². The number of rotatable bonds is 6. The van der Waals surface area contributed by atoms with Crippen LogP contribution in [0.1, 0.15) is 0 Å². The van der Waals surface area contributed by atoms with Crippen LogP contribution in [0.15, 0.2) is 0 Å². The van der Waals surface area contributed by atoms with Gasteiger partial charge in [-0.1, -0.05) is 0 Å². The van der Waals surface area contributed by atoms with Crippen molar-refractivity contribution in [3.8, 4) is 0 Å². The van der Waals surface area contributed by atoms with E-state index in [0.717, 1.165) is 0 Å². The molecule has 0 spiro atoms. The topological polar surface area (TPSA) is 127 Å². The number of aliphatic carboxylic acids is 2. The molecule has 6 nitrogen and oxygen atoms in total. The number of carbonyl (C=O) groups is 2. The van der Waals surface area contributed by atoms with E-state index in [9.17, 15) is 9.59 Å². The first-order chi connectivity index (χ1) is 5.95. The summed E-state index contributed by atoms with van der Waals surface area (Å²) >= 11 is -0.129. The van der Waals surface area contributed by atoms with Crippen molar-refractivity contribution in [2.24, 2.45) is 11.5 Å². The molecule has 0 aliphatic carbocycles. The van der Waals surface area contributed by atoms with Crippen molar-refractivity contribution in [3.05, 3.63) is 0 Å². The fourth-order valence-electron chi connectivity index (χ4n) is 0.465. The van der Waals surface area contributed by atoms with Gasteiger partial charge >= 0.3 is 80.9 Å². The maximum atomic E-state index is 10.2. The Labute approximate surface area is 81.4 Å². The molecule has 0 aromatic heterocycles. The van der Waals surface area contributed by atoms with E-state index in [1.165, 1.54) is 0 Å². The molecule has 0 bridgehead atoms. The van der Waals surface area contributed by atoms with Crippen LogP contribution >= 0.6 is 0 Å². The van der Waals surface area contributed by atoms with E-state index in [2.05, 4.69) is 0 Å². The second kappa shape index (κ2) is 5.93. The van der Waals surface area contributed by atoms with Crippen molar-refractivity contribution in [1.29, 1.82) is 0 Å². The monoisotopic (exact) mass is 256 g/mol. The Morgan fingerprint density at radius 3 is 1.62 bits per heavy atom. The second-order valence-electron chi connectivity index (χ2n) is 2.43. The Balaban J connectivity index is 3.56. The van der Waals surface area contributed by atoms with Crippen LogP contribution in [-0.4, -0.2) is 49.2 Å². The first-order valence-electron chi connectivity index (χ1n) is 3.49. The summed E-state index contributed by atoms with van der Waals surface area (Å²) in [7, 11) is 0. The molecule has 6 N–H and O–H groups in total. The quantitative estimate of drug-likeness (QED) is 0.421. The molecule has 0 amide bonds. The van der Waals surface area contributed by atoms with Gasteiger partial charge in [-0.05, 0) is 0 Å². The number of carboxylic acids is 2. The molecule has 0 saturated heterocycles. The fraction of sp³-hybridized carbons (Fsp3) is 0.667. The van der Waals surface area contributed by atoms with Crippen molar-refractivity contribution < 1.29 is 19.8 Å². The Bertz CT molecular complexity index is 179. The van der Waals surface area contributed by atoms with Crippen molar-refractivity contribution in [1.82, 2.24) is 0 Å². The van der Waals surface area contributed by atoms with Gasteiger partial charge in [0.05, 0.1) is 0 Å².